The maximum absolute atomic E-state index is 13.3. The Morgan fingerprint density at radius 1 is 1.41 bits per heavy atom. The van der Waals surface area contributed by atoms with Crippen LogP contribution < -0.4 is 10.6 Å². The van der Waals surface area contributed by atoms with E-state index in [2.05, 4.69) is 10.6 Å². The van der Waals surface area contributed by atoms with Crippen LogP contribution in [-0.2, 0) is 4.79 Å². The van der Waals surface area contributed by atoms with E-state index in [9.17, 15) is 13.6 Å². The van der Waals surface area contributed by atoms with Crippen LogP contribution >= 0.6 is 0 Å². The Morgan fingerprint density at radius 3 is 2.88 bits per heavy atom. The molecule has 2 rings (SSSR count). The lowest BCUT2D eigenvalue weighted by Crippen LogP contribution is -2.37. The van der Waals surface area contributed by atoms with E-state index >= 15 is 0 Å². The molecule has 1 aliphatic heterocycles. The Labute approximate surface area is 98.2 Å². The van der Waals surface area contributed by atoms with E-state index in [-0.39, 0.29) is 17.5 Å². The topological polar surface area (TPSA) is 41.1 Å². The number of carbonyl (C=O) groups excluding carboxylic acids is 1. The highest BCUT2D eigenvalue weighted by atomic mass is 19.1. The Balaban J connectivity index is 2.02. The quantitative estimate of drug-likeness (QED) is 0.829. The molecule has 1 aliphatic rings. The first kappa shape index (κ1) is 12.0. The molecule has 1 atom stereocenters. The lowest BCUT2D eigenvalue weighted by molar-refractivity contribution is -0.120. The number of hydrogen-bond donors (Lipinski definition) is 2. The van der Waals surface area contributed by atoms with E-state index in [4.69, 9.17) is 0 Å². The Morgan fingerprint density at radius 2 is 2.24 bits per heavy atom. The minimum Gasteiger partial charge on any atom is -0.323 e. The molecular formula is C12H14F2N2O. The highest BCUT2D eigenvalue weighted by Gasteiger charge is 2.21. The Hall–Kier alpha value is -1.49. The number of benzene rings is 1. The third-order valence-electron chi connectivity index (χ3n) is 2.86. The number of anilines is 1. The lowest BCUT2D eigenvalue weighted by atomic mass is 9.99. The van der Waals surface area contributed by atoms with Crippen LogP contribution in [0, 0.1) is 17.6 Å². The van der Waals surface area contributed by atoms with Gasteiger partial charge in [-0.2, -0.15) is 0 Å². The molecule has 0 radical (unpaired) electrons. The van der Waals surface area contributed by atoms with Crippen molar-refractivity contribution in [3.8, 4) is 0 Å². The van der Waals surface area contributed by atoms with E-state index in [0.717, 1.165) is 31.5 Å². The van der Waals surface area contributed by atoms with Gasteiger partial charge in [0.2, 0.25) is 5.91 Å². The molecule has 0 spiro atoms. The van der Waals surface area contributed by atoms with Gasteiger partial charge in [-0.1, -0.05) is 0 Å². The number of hydrogen-bond acceptors (Lipinski definition) is 2. The molecule has 1 heterocycles. The fourth-order valence-electron chi connectivity index (χ4n) is 1.90. The minimum absolute atomic E-state index is 0.0296. The summed E-state index contributed by atoms with van der Waals surface area (Å²) < 4.78 is 26.0. The van der Waals surface area contributed by atoms with E-state index < -0.39 is 11.6 Å². The standard InChI is InChI=1S/C12H14F2N2O/c13-9-3-4-11(10(14)6-9)16-12(17)8-2-1-5-15-7-8/h3-4,6,8,15H,1-2,5,7H2,(H,16,17)/t8-/m1/s1. The number of nitrogens with one attached hydrogen (secondary N) is 2. The molecule has 5 heteroatoms. The molecule has 2 N–H and O–H groups in total. The summed E-state index contributed by atoms with van der Waals surface area (Å²) in [7, 11) is 0. The molecule has 1 amide bonds. The van der Waals surface area contributed by atoms with Crippen molar-refractivity contribution in [3.63, 3.8) is 0 Å². The first-order valence-electron chi connectivity index (χ1n) is 5.63. The summed E-state index contributed by atoms with van der Waals surface area (Å²) >= 11 is 0. The second-order valence-electron chi connectivity index (χ2n) is 4.16. The van der Waals surface area contributed by atoms with Crippen LogP contribution in [-0.4, -0.2) is 19.0 Å². The molecular weight excluding hydrogens is 226 g/mol. The number of halogens is 2. The summed E-state index contributed by atoms with van der Waals surface area (Å²) in [6.07, 6.45) is 1.73. The third-order valence-corrected chi connectivity index (χ3v) is 2.86. The van der Waals surface area contributed by atoms with Crippen molar-refractivity contribution in [2.24, 2.45) is 5.92 Å². The fraction of sp³-hybridized carbons (Fsp3) is 0.417. The zero-order valence-electron chi connectivity index (χ0n) is 9.30. The van der Waals surface area contributed by atoms with Crippen molar-refractivity contribution in [1.82, 2.24) is 5.32 Å². The summed E-state index contributed by atoms with van der Waals surface area (Å²) in [5.74, 6) is -1.77. The molecule has 0 aliphatic carbocycles. The highest BCUT2D eigenvalue weighted by Crippen LogP contribution is 2.18. The van der Waals surface area contributed by atoms with Gasteiger partial charge >= 0.3 is 0 Å². The van der Waals surface area contributed by atoms with Crippen molar-refractivity contribution < 1.29 is 13.6 Å². The lowest BCUT2D eigenvalue weighted by Gasteiger charge is -2.21. The Kier molecular flexibility index (Phi) is 3.68. The van der Waals surface area contributed by atoms with Crippen LogP contribution in [0.2, 0.25) is 0 Å². The summed E-state index contributed by atoms with van der Waals surface area (Å²) in [6.45, 7) is 1.52. The molecule has 0 unspecified atom stereocenters. The fourth-order valence-corrected chi connectivity index (χ4v) is 1.90. The van der Waals surface area contributed by atoms with Gasteiger partial charge in [-0.25, -0.2) is 8.78 Å². The van der Waals surface area contributed by atoms with Gasteiger partial charge < -0.3 is 10.6 Å². The maximum atomic E-state index is 13.3. The van der Waals surface area contributed by atoms with Crippen molar-refractivity contribution >= 4 is 11.6 Å². The zero-order chi connectivity index (χ0) is 12.3. The van der Waals surface area contributed by atoms with Gasteiger partial charge in [0.25, 0.3) is 0 Å². The average Bonchev–Trinajstić information content (AvgIpc) is 2.34. The summed E-state index contributed by atoms with van der Waals surface area (Å²) in [4.78, 5) is 11.8. The van der Waals surface area contributed by atoms with Crippen molar-refractivity contribution in [1.29, 1.82) is 0 Å². The molecule has 0 bridgehead atoms. The smallest absolute Gasteiger partial charge is 0.228 e. The molecule has 3 nitrogen and oxygen atoms in total. The number of carbonyl (C=O) groups is 1. The predicted molar refractivity (Wildman–Crippen MR) is 60.6 cm³/mol. The molecule has 92 valence electrons. The molecule has 1 aromatic carbocycles. The molecule has 17 heavy (non-hydrogen) atoms. The second-order valence-corrected chi connectivity index (χ2v) is 4.16. The number of piperidine rings is 1. The van der Waals surface area contributed by atoms with Gasteiger partial charge in [-0.15, -0.1) is 0 Å². The van der Waals surface area contributed by atoms with Crippen LogP contribution in [0.5, 0.6) is 0 Å². The number of rotatable bonds is 2. The molecule has 1 fully saturated rings. The average molecular weight is 240 g/mol. The van der Waals surface area contributed by atoms with Crippen LogP contribution in [0.1, 0.15) is 12.8 Å². The minimum atomic E-state index is -0.748. The zero-order valence-corrected chi connectivity index (χ0v) is 9.30. The van der Waals surface area contributed by atoms with Crippen molar-refractivity contribution in [3.05, 3.63) is 29.8 Å². The van der Waals surface area contributed by atoms with Crippen LogP contribution in [0.25, 0.3) is 0 Å². The van der Waals surface area contributed by atoms with E-state index in [1.165, 1.54) is 6.07 Å². The first-order chi connectivity index (χ1) is 8.16. The maximum Gasteiger partial charge on any atom is 0.228 e. The van der Waals surface area contributed by atoms with Gasteiger partial charge in [-0.3, -0.25) is 4.79 Å². The summed E-state index contributed by atoms with van der Waals surface area (Å²) in [6, 6.07) is 3.12. The molecule has 1 aromatic rings. The Bertz CT molecular complexity index is 417. The van der Waals surface area contributed by atoms with Gasteiger partial charge in [0.15, 0.2) is 0 Å². The first-order valence-corrected chi connectivity index (χ1v) is 5.63. The van der Waals surface area contributed by atoms with E-state index in [1.807, 2.05) is 0 Å². The van der Waals surface area contributed by atoms with Crippen LogP contribution in [0.15, 0.2) is 18.2 Å². The largest absolute Gasteiger partial charge is 0.323 e. The normalized spacial score (nSPS) is 20.0. The van der Waals surface area contributed by atoms with Gasteiger partial charge in [0.05, 0.1) is 11.6 Å². The van der Waals surface area contributed by atoms with Crippen molar-refractivity contribution in [2.45, 2.75) is 12.8 Å². The molecule has 0 aromatic heterocycles. The van der Waals surface area contributed by atoms with E-state index in [1.54, 1.807) is 0 Å². The summed E-state index contributed by atoms with van der Waals surface area (Å²) in [5, 5.41) is 5.60. The number of amides is 1. The molecule has 1 saturated heterocycles. The van der Waals surface area contributed by atoms with E-state index in [0.29, 0.717) is 6.54 Å². The second kappa shape index (κ2) is 5.23. The highest BCUT2D eigenvalue weighted by molar-refractivity contribution is 5.92. The van der Waals surface area contributed by atoms with Gasteiger partial charge in [-0.05, 0) is 31.5 Å². The third kappa shape index (κ3) is 3.00. The van der Waals surface area contributed by atoms with Crippen LogP contribution in [0.4, 0.5) is 14.5 Å². The molecule has 0 saturated carbocycles. The van der Waals surface area contributed by atoms with Gasteiger partial charge in [0.1, 0.15) is 11.6 Å². The SMILES string of the molecule is O=C(Nc1ccc(F)cc1F)[C@@H]1CCCNC1. The van der Waals surface area contributed by atoms with Gasteiger partial charge in [0, 0.05) is 12.6 Å². The van der Waals surface area contributed by atoms with Crippen molar-refractivity contribution in [2.75, 3.05) is 18.4 Å². The summed E-state index contributed by atoms with van der Waals surface area (Å²) in [5.41, 5.74) is 0.0296. The predicted octanol–water partition coefficient (Wildman–Crippen LogP) is 1.90. The monoisotopic (exact) mass is 240 g/mol. The van der Waals surface area contributed by atoms with Crippen LogP contribution in [0.3, 0.4) is 0 Å².